The van der Waals surface area contributed by atoms with E-state index in [1.165, 1.54) is 12.8 Å². The van der Waals surface area contributed by atoms with E-state index in [0.717, 1.165) is 47.5 Å². The Bertz CT molecular complexity index is 1460. The van der Waals surface area contributed by atoms with Crippen molar-refractivity contribution >= 4 is 16.8 Å². The highest BCUT2D eigenvalue weighted by Crippen LogP contribution is 2.64. The molecule has 2 fully saturated rings. The number of hydrogen-bond donors (Lipinski definition) is 4. The topological polar surface area (TPSA) is 97.8 Å². The maximum absolute atomic E-state index is 13.5. The largest absolute Gasteiger partial charge is 0.504 e. The first kappa shape index (κ1) is 20.9. The zero-order valence-electron chi connectivity index (χ0n) is 19.9. The van der Waals surface area contributed by atoms with Crippen LogP contribution in [0.1, 0.15) is 40.7 Å². The monoisotopic (exact) mass is 483 g/mol. The van der Waals surface area contributed by atoms with Crippen molar-refractivity contribution in [3.63, 3.8) is 0 Å². The summed E-state index contributed by atoms with van der Waals surface area (Å²) in [6, 6.07) is 10.9. The minimum atomic E-state index is -1.13. The van der Waals surface area contributed by atoms with Gasteiger partial charge in [-0.25, -0.2) is 0 Å². The molecule has 4 N–H and O–H groups in total. The van der Waals surface area contributed by atoms with Crippen LogP contribution in [-0.4, -0.2) is 62.9 Å². The summed E-state index contributed by atoms with van der Waals surface area (Å²) in [5, 5.41) is 27.3. The van der Waals surface area contributed by atoms with Crippen LogP contribution in [-0.2, 0) is 11.8 Å². The number of aliphatic hydroxyl groups is 1. The van der Waals surface area contributed by atoms with Crippen LogP contribution in [0.25, 0.3) is 10.9 Å². The molecule has 7 heteroatoms. The third-order valence-corrected chi connectivity index (χ3v) is 9.47. The quantitative estimate of drug-likeness (QED) is 0.428. The number of aromatic nitrogens is 1. The predicted octanol–water partition coefficient (Wildman–Crippen LogP) is 3.01. The van der Waals surface area contributed by atoms with Gasteiger partial charge in [0.1, 0.15) is 11.7 Å². The molecule has 5 aliphatic rings. The molecule has 0 radical (unpaired) electrons. The second-order valence-electron chi connectivity index (χ2n) is 11.3. The Kier molecular flexibility index (Phi) is 4.01. The molecule has 1 amide bonds. The highest BCUT2D eigenvalue weighted by molar-refractivity contribution is 6.06. The molecule has 1 spiro atoms. The second-order valence-corrected chi connectivity index (χ2v) is 11.3. The molecular formula is C29H29N3O4. The van der Waals surface area contributed by atoms with Crippen molar-refractivity contribution in [1.82, 2.24) is 15.2 Å². The van der Waals surface area contributed by atoms with Crippen LogP contribution in [0.4, 0.5) is 0 Å². The first-order valence-electron chi connectivity index (χ1n) is 13.0. The molecule has 2 aromatic carbocycles. The molecular weight excluding hydrogens is 454 g/mol. The molecule has 36 heavy (non-hydrogen) atoms. The van der Waals surface area contributed by atoms with Gasteiger partial charge < -0.3 is 25.3 Å². The zero-order valence-corrected chi connectivity index (χ0v) is 19.9. The molecule has 5 atom stereocenters. The minimum Gasteiger partial charge on any atom is -0.504 e. The third-order valence-electron chi connectivity index (χ3n) is 9.47. The van der Waals surface area contributed by atoms with Crippen LogP contribution in [0.3, 0.4) is 0 Å². The Balaban J connectivity index is 1.22. The van der Waals surface area contributed by atoms with Gasteiger partial charge in [0, 0.05) is 35.2 Å². The molecule has 8 rings (SSSR count). The number of phenols is 1. The number of rotatable bonds is 4. The number of nitrogens with one attached hydrogen (secondary N) is 2. The highest BCUT2D eigenvalue weighted by atomic mass is 16.5. The molecule has 2 aliphatic heterocycles. The Labute approximate surface area is 208 Å². The number of hydrogen-bond acceptors (Lipinski definition) is 5. The van der Waals surface area contributed by atoms with Gasteiger partial charge in [0.2, 0.25) is 0 Å². The van der Waals surface area contributed by atoms with E-state index in [1.54, 1.807) is 12.3 Å². The normalized spacial score (nSPS) is 33.9. The smallest absolute Gasteiger partial charge is 0.254 e. The Morgan fingerprint density at radius 3 is 2.94 bits per heavy atom. The summed E-state index contributed by atoms with van der Waals surface area (Å²) in [6.45, 7) is 1.89. The molecule has 184 valence electrons. The number of carbonyl (C=O) groups is 1. The number of likely N-dealkylation sites (tertiary alicyclic amines) is 1. The summed E-state index contributed by atoms with van der Waals surface area (Å²) in [5.74, 6) is 1.11. The van der Waals surface area contributed by atoms with Gasteiger partial charge in [0.05, 0.1) is 17.0 Å². The van der Waals surface area contributed by atoms with E-state index in [0.29, 0.717) is 17.7 Å². The molecule has 0 unspecified atom stereocenters. The molecule has 3 aliphatic carbocycles. The first-order valence-corrected chi connectivity index (χ1v) is 13.0. The van der Waals surface area contributed by atoms with Crippen LogP contribution in [0.15, 0.2) is 54.7 Å². The van der Waals surface area contributed by atoms with E-state index in [1.807, 2.05) is 42.5 Å². The summed E-state index contributed by atoms with van der Waals surface area (Å²) in [4.78, 5) is 19.1. The molecule has 2 bridgehead atoms. The third kappa shape index (κ3) is 2.52. The lowest BCUT2D eigenvalue weighted by Gasteiger charge is -2.62. The van der Waals surface area contributed by atoms with Crippen molar-refractivity contribution in [3.8, 4) is 11.5 Å². The number of aromatic amines is 1. The fourth-order valence-electron chi connectivity index (χ4n) is 7.65. The standard InChI is InChI=1S/C29H29N3O4/c33-22-8-7-17-13-23-29(35)10-9-21(31-27(34)19-14-30-20-4-2-1-3-18(19)20)26-28(29,24(17)25(22)36-26)11-12-32(23)15-16-5-6-16/h1-4,7-10,14,16,21,23,26,30,33,35H,5-6,11-13,15H2,(H,31,34)/t21-,23+,26-,28-,29+/m0/s1. The van der Waals surface area contributed by atoms with Crippen LogP contribution < -0.4 is 10.1 Å². The van der Waals surface area contributed by atoms with Gasteiger partial charge in [-0.15, -0.1) is 0 Å². The van der Waals surface area contributed by atoms with Gasteiger partial charge in [0.25, 0.3) is 5.91 Å². The Morgan fingerprint density at radius 1 is 1.22 bits per heavy atom. The van der Waals surface area contributed by atoms with E-state index in [4.69, 9.17) is 4.74 Å². The number of piperidine rings is 1. The summed E-state index contributed by atoms with van der Waals surface area (Å²) in [5.41, 5.74) is 1.72. The number of amides is 1. The van der Waals surface area contributed by atoms with Crippen LogP contribution in [0.2, 0.25) is 0 Å². The number of ether oxygens (including phenoxy) is 1. The summed E-state index contributed by atoms with van der Waals surface area (Å²) in [6.07, 6.45) is 9.05. The summed E-state index contributed by atoms with van der Waals surface area (Å²) >= 11 is 0. The average Bonchev–Trinajstić information content (AvgIpc) is 3.46. The van der Waals surface area contributed by atoms with E-state index < -0.39 is 23.2 Å². The van der Waals surface area contributed by atoms with Gasteiger partial charge in [-0.05, 0) is 55.8 Å². The van der Waals surface area contributed by atoms with Crippen molar-refractivity contribution in [2.24, 2.45) is 5.92 Å². The van der Waals surface area contributed by atoms with Crippen molar-refractivity contribution in [1.29, 1.82) is 0 Å². The number of carbonyl (C=O) groups excluding carboxylic acids is 1. The summed E-state index contributed by atoms with van der Waals surface area (Å²) in [7, 11) is 0. The predicted molar refractivity (Wildman–Crippen MR) is 134 cm³/mol. The van der Waals surface area contributed by atoms with Gasteiger partial charge in [-0.1, -0.05) is 36.4 Å². The average molecular weight is 484 g/mol. The van der Waals surface area contributed by atoms with Crippen molar-refractivity contribution in [2.75, 3.05) is 13.1 Å². The maximum atomic E-state index is 13.5. The zero-order chi connectivity index (χ0) is 24.2. The van der Waals surface area contributed by atoms with Gasteiger partial charge in [0.15, 0.2) is 11.5 Å². The summed E-state index contributed by atoms with van der Waals surface area (Å²) < 4.78 is 6.52. The van der Waals surface area contributed by atoms with E-state index >= 15 is 0 Å². The van der Waals surface area contributed by atoms with E-state index in [-0.39, 0.29) is 17.7 Å². The lowest BCUT2D eigenvalue weighted by molar-refractivity contribution is -0.144. The molecule has 3 aromatic rings. The first-order chi connectivity index (χ1) is 17.5. The lowest BCUT2D eigenvalue weighted by Crippen LogP contribution is -2.76. The second kappa shape index (κ2) is 6.93. The number of phenolic OH excluding ortho intramolecular Hbond substituents is 1. The van der Waals surface area contributed by atoms with Crippen molar-refractivity contribution < 1.29 is 19.7 Å². The molecule has 1 saturated carbocycles. The number of benzene rings is 2. The lowest BCUT2D eigenvalue weighted by atomic mass is 9.50. The SMILES string of the molecule is O=C(N[C@H]1C=C[C@@]2(O)[C@H]3Cc4ccc(O)c5c4[C@@]2(CCN3CC2CC2)[C@H]1O5)c1c[nH]c2ccccc12. The van der Waals surface area contributed by atoms with Gasteiger partial charge in [-0.3, -0.25) is 9.69 Å². The van der Waals surface area contributed by atoms with Crippen LogP contribution in [0.5, 0.6) is 11.5 Å². The number of nitrogens with zero attached hydrogens (tertiary/aromatic N) is 1. The molecule has 3 heterocycles. The number of H-pyrrole nitrogens is 1. The molecule has 1 aromatic heterocycles. The molecule has 7 nitrogen and oxygen atoms in total. The Hall–Kier alpha value is -3.29. The number of para-hydroxylation sites is 1. The van der Waals surface area contributed by atoms with Crippen molar-refractivity contribution in [2.45, 2.75) is 54.9 Å². The number of aromatic hydroxyl groups is 1. The van der Waals surface area contributed by atoms with Gasteiger partial charge >= 0.3 is 0 Å². The van der Waals surface area contributed by atoms with Crippen LogP contribution >= 0.6 is 0 Å². The van der Waals surface area contributed by atoms with Crippen LogP contribution in [0, 0.1) is 5.92 Å². The number of fused-ring (bicyclic) bond motifs is 1. The molecule has 1 saturated heterocycles. The van der Waals surface area contributed by atoms with Gasteiger partial charge in [-0.2, -0.15) is 0 Å². The van der Waals surface area contributed by atoms with E-state index in [2.05, 4.69) is 15.2 Å². The highest BCUT2D eigenvalue weighted by Gasteiger charge is 2.72. The fraction of sp³-hybridized carbons (Fsp3) is 0.414. The Morgan fingerprint density at radius 2 is 2.08 bits per heavy atom. The minimum absolute atomic E-state index is 0.0533. The van der Waals surface area contributed by atoms with E-state index in [9.17, 15) is 15.0 Å². The van der Waals surface area contributed by atoms with Crippen molar-refractivity contribution in [3.05, 3.63) is 71.4 Å². The maximum Gasteiger partial charge on any atom is 0.254 e. The fourth-order valence-corrected chi connectivity index (χ4v) is 7.65.